The first-order chi connectivity index (χ1) is 9.92. The summed E-state index contributed by atoms with van der Waals surface area (Å²) in [6, 6.07) is 2.17. The molecule has 1 aromatic heterocycles. The number of hydrogen-bond donors (Lipinski definition) is 1. The first-order valence-electron chi connectivity index (χ1n) is 8.07. The topological polar surface area (TPSA) is 28.2 Å². The number of aromatic nitrogens is 1. The molecule has 3 rings (SSSR count). The van der Waals surface area contributed by atoms with E-state index in [1.54, 1.807) is 0 Å². The van der Waals surface area contributed by atoms with Crippen LogP contribution >= 0.6 is 11.6 Å². The number of nitrogens with one attached hydrogen (secondary N) is 1. The van der Waals surface area contributed by atoms with E-state index in [4.69, 9.17) is 11.6 Å². The van der Waals surface area contributed by atoms with E-state index in [1.165, 1.54) is 32.4 Å². The molecule has 0 spiro atoms. The summed E-state index contributed by atoms with van der Waals surface area (Å²) in [6.07, 6.45) is 6.02. The summed E-state index contributed by atoms with van der Waals surface area (Å²) >= 11 is 6.31. The summed E-state index contributed by atoms with van der Waals surface area (Å²) in [7, 11) is 0. The summed E-state index contributed by atoms with van der Waals surface area (Å²) in [4.78, 5) is 7.01. The smallest absolute Gasteiger partial charge is 0.128 e. The predicted molar refractivity (Wildman–Crippen MR) is 88.9 cm³/mol. The van der Waals surface area contributed by atoms with E-state index in [-0.39, 0.29) is 5.54 Å². The van der Waals surface area contributed by atoms with Crippen LogP contribution in [0.15, 0.2) is 12.3 Å². The van der Waals surface area contributed by atoms with Gasteiger partial charge in [-0.25, -0.2) is 4.98 Å². The van der Waals surface area contributed by atoms with Crippen molar-refractivity contribution < 1.29 is 0 Å². The zero-order valence-electron chi connectivity index (χ0n) is 13.3. The molecule has 2 heterocycles. The molecule has 2 fully saturated rings. The SMILES string of the molecule is CC(C)(C)NCc1cc(N2CC3CCCC3C2)ncc1Cl. The second-order valence-electron chi connectivity index (χ2n) is 7.59. The molecule has 1 aliphatic heterocycles. The van der Waals surface area contributed by atoms with Crippen molar-refractivity contribution in [2.24, 2.45) is 11.8 Å². The molecule has 1 N–H and O–H groups in total. The van der Waals surface area contributed by atoms with Crippen molar-refractivity contribution in [3.63, 3.8) is 0 Å². The van der Waals surface area contributed by atoms with Gasteiger partial charge in [-0.1, -0.05) is 18.0 Å². The molecule has 21 heavy (non-hydrogen) atoms. The minimum Gasteiger partial charge on any atom is -0.356 e. The molecule has 0 radical (unpaired) electrons. The zero-order valence-corrected chi connectivity index (χ0v) is 14.1. The van der Waals surface area contributed by atoms with Crippen LogP contribution in [0.5, 0.6) is 0 Å². The fourth-order valence-electron chi connectivity index (χ4n) is 3.56. The Bertz CT molecular complexity index is 497. The number of pyridine rings is 1. The standard InChI is InChI=1S/C17H26ClN3/c1-17(2,3)20-8-14-7-16(19-9-15(14)18)21-10-12-5-4-6-13(12)11-21/h7,9,12-13,20H,4-6,8,10-11H2,1-3H3. The van der Waals surface area contributed by atoms with Gasteiger partial charge in [-0.05, 0) is 57.1 Å². The number of fused-ring (bicyclic) bond motifs is 1. The van der Waals surface area contributed by atoms with Crippen LogP contribution in [0.25, 0.3) is 0 Å². The number of rotatable bonds is 3. The third-order valence-corrected chi connectivity index (χ3v) is 5.12. The zero-order chi connectivity index (χ0) is 15.0. The van der Waals surface area contributed by atoms with Crippen molar-refractivity contribution in [2.45, 2.75) is 52.1 Å². The average Bonchev–Trinajstić information content (AvgIpc) is 2.97. The molecule has 1 saturated heterocycles. The van der Waals surface area contributed by atoms with E-state index >= 15 is 0 Å². The molecule has 0 amide bonds. The lowest BCUT2D eigenvalue weighted by molar-refractivity contribution is 0.424. The van der Waals surface area contributed by atoms with Gasteiger partial charge in [-0.3, -0.25) is 0 Å². The van der Waals surface area contributed by atoms with Crippen LogP contribution in [0.4, 0.5) is 5.82 Å². The van der Waals surface area contributed by atoms with E-state index in [2.05, 4.69) is 42.0 Å². The lowest BCUT2D eigenvalue weighted by Crippen LogP contribution is -2.35. The highest BCUT2D eigenvalue weighted by Crippen LogP contribution is 2.39. The Hall–Kier alpha value is -0.800. The van der Waals surface area contributed by atoms with E-state index in [0.717, 1.165) is 34.8 Å². The van der Waals surface area contributed by atoms with Gasteiger partial charge in [0.25, 0.3) is 0 Å². The fraction of sp³-hybridized carbons (Fsp3) is 0.706. The normalized spacial score (nSPS) is 25.4. The summed E-state index contributed by atoms with van der Waals surface area (Å²) in [6.45, 7) is 9.65. The molecule has 2 atom stereocenters. The lowest BCUT2D eigenvalue weighted by atomic mass is 10.0. The highest BCUT2D eigenvalue weighted by atomic mass is 35.5. The Morgan fingerprint density at radius 1 is 1.29 bits per heavy atom. The molecule has 116 valence electrons. The molecule has 1 saturated carbocycles. The molecule has 2 aliphatic rings. The van der Waals surface area contributed by atoms with E-state index in [0.29, 0.717) is 0 Å². The fourth-order valence-corrected chi connectivity index (χ4v) is 3.73. The quantitative estimate of drug-likeness (QED) is 0.919. The molecule has 0 bridgehead atoms. The van der Waals surface area contributed by atoms with Gasteiger partial charge in [0.15, 0.2) is 0 Å². The second kappa shape index (κ2) is 5.77. The van der Waals surface area contributed by atoms with Crippen molar-refractivity contribution in [1.82, 2.24) is 10.3 Å². The highest BCUT2D eigenvalue weighted by molar-refractivity contribution is 6.31. The number of nitrogens with zero attached hydrogens (tertiary/aromatic N) is 2. The van der Waals surface area contributed by atoms with Crippen molar-refractivity contribution in [1.29, 1.82) is 0 Å². The summed E-state index contributed by atoms with van der Waals surface area (Å²) in [5.74, 6) is 2.87. The molecule has 2 unspecified atom stereocenters. The van der Waals surface area contributed by atoms with Crippen molar-refractivity contribution in [3.05, 3.63) is 22.8 Å². The van der Waals surface area contributed by atoms with Gasteiger partial charge in [0, 0.05) is 31.4 Å². The van der Waals surface area contributed by atoms with Crippen LogP contribution in [0.3, 0.4) is 0 Å². The van der Waals surface area contributed by atoms with E-state index in [1.807, 2.05) is 6.20 Å². The third-order valence-electron chi connectivity index (χ3n) is 4.78. The molecule has 4 heteroatoms. The molecule has 0 aromatic carbocycles. The minimum atomic E-state index is 0.0947. The van der Waals surface area contributed by atoms with Gasteiger partial charge in [0.05, 0.1) is 5.02 Å². The Morgan fingerprint density at radius 2 is 1.95 bits per heavy atom. The Labute approximate surface area is 133 Å². The number of hydrogen-bond acceptors (Lipinski definition) is 3. The minimum absolute atomic E-state index is 0.0947. The van der Waals surface area contributed by atoms with Crippen molar-refractivity contribution in [2.75, 3.05) is 18.0 Å². The van der Waals surface area contributed by atoms with Crippen molar-refractivity contribution in [3.8, 4) is 0 Å². The van der Waals surface area contributed by atoms with Crippen LogP contribution in [0, 0.1) is 11.8 Å². The van der Waals surface area contributed by atoms with Gasteiger partial charge in [-0.2, -0.15) is 0 Å². The molecule has 3 nitrogen and oxygen atoms in total. The molecule has 1 aliphatic carbocycles. The Balaban J connectivity index is 1.72. The summed E-state index contributed by atoms with van der Waals surface area (Å²) in [5, 5.41) is 4.27. The molecular weight excluding hydrogens is 282 g/mol. The van der Waals surface area contributed by atoms with E-state index < -0.39 is 0 Å². The van der Waals surface area contributed by atoms with E-state index in [9.17, 15) is 0 Å². The maximum absolute atomic E-state index is 6.31. The lowest BCUT2D eigenvalue weighted by Gasteiger charge is -2.23. The van der Waals surface area contributed by atoms with Gasteiger partial charge >= 0.3 is 0 Å². The van der Waals surface area contributed by atoms with Crippen LogP contribution < -0.4 is 10.2 Å². The first-order valence-corrected chi connectivity index (χ1v) is 8.44. The highest BCUT2D eigenvalue weighted by Gasteiger charge is 2.36. The Kier molecular flexibility index (Phi) is 4.15. The van der Waals surface area contributed by atoms with Gasteiger partial charge < -0.3 is 10.2 Å². The maximum atomic E-state index is 6.31. The van der Waals surface area contributed by atoms with Crippen molar-refractivity contribution >= 4 is 17.4 Å². The first kappa shape index (κ1) is 15.1. The summed E-state index contributed by atoms with van der Waals surface area (Å²) < 4.78 is 0. The van der Waals surface area contributed by atoms with Gasteiger partial charge in [-0.15, -0.1) is 0 Å². The molecule has 1 aromatic rings. The molecular formula is C17H26ClN3. The van der Waals surface area contributed by atoms with Crippen LogP contribution in [0.2, 0.25) is 5.02 Å². The average molecular weight is 308 g/mol. The Morgan fingerprint density at radius 3 is 2.57 bits per heavy atom. The monoisotopic (exact) mass is 307 g/mol. The number of anilines is 1. The number of halogens is 1. The largest absolute Gasteiger partial charge is 0.356 e. The predicted octanol–water partition coefficient (Wildman–Crippen LogP) is 3.86. The maximum Gasteiger partial charge on any atom is 0.128 e. The third kappa shape index (κ3) is 3.51. The van der Waals surface area contributed by atoms with Crippen LogP contribution in [-0.2, 0) is 6.54 Å². The van der Waals surface area contributed by atoms with Crippen LogP contribution in [0.1, 0.15) is 45.6 Å². The van der Waals surface area contributed by atoms with Gasteiger partial charge in [0.1, 0.15) is 5.82 Å². The van der Waals surface area contributed by atoms with Crippen LogP contribution in [-0.4, -0.2) is 23.6 Å². The van der Waals surface area contributed by atoms with Gasteiger partial charge in [0.2, 0.25) is 0 Å². The second-order valence-corrected chi connectivity index (χ2v) is 8.00. The summed E-state index contributed by atoms with van der Waals surface area (Å²) in [5.41, 5.74) is 1.24.